The van der Waals surface area contributed by atoms with E-state index in [1.165, 1.54) is 31.4 Å². The van der Waals surface area contributed by atoms with Crippen LogP contribution in [0.4, 0.5) is 4.79 Å². The molecule has 1 spiro atoms. The van der Waals surface area contributed by atoms with Gasteiger partial charge in [0.2, 0.25) is 0 Å². The van der Waals surface area contributed by atoms with E-state index in [2.05, 4.69) is 19.2 Å². The van der Waals surface area contributed by atoms with Gasteiger partial charge in [0.1, 0.15) is 5.82 Å². The van der Waals surface area contributed by atoms with Crippen molar-refractivity contribution < 1.29 is 20.5 Å². The first-order chi connectivity index (χ1) is 15.1. The normalized spacial score (nSPS) is 20.0. The zero-order chi connectivity index (χ0) is 24.2. The third-order valence-electron chi connectivity index (χ3n) is 5.59. The van der Waals surface area contributed by atoms with Gasteiger partial charge in [0.15, 0.2) is 5.79 Å². The van der Waals surface area contributed by atoms with Crippen LogP contribution in [0.1, 0.15) is 87.9 Å². The smallest absolute Gasteiger partial charge is 0.349 e. The maximum Gasteiger partial charge on any atom is 0.349 e. The number of rotatable bonds is 8. The fourth-order valence-electron chi connectivity index (χ4n) is 3.86. The summed E-state index contributed by atoms with van der Waals surface area (Å²) in [5, 5.41) is 4.50. The van der Waals surface area contributed by atoms with Gasteiger partial charge in [-0.25, -0.2) is 9.86 Å². The standard InChI is InChI=1S/C13H28N4O2.C11H20O2.H2/c1-6-9-16(12(11(4)14)15-8-3)13(18)17(19-5)10-7-2;1-10(2)8-12-11(13-9-10)6-4-3-5-7-11;/h15H,6-10,14H2,1-5H3;3-9H2,1-2H3;1H/b12-11+;;. The Morgan fingerprint density at radius 2 is 1.62 bits per heavy atom. The summed E-state index contributed by atoms with van der Waals surface area (Å²) in [7, 11) is 1.50. The van der Waals surface area contributed by atoms with E-state index in [4.69, 9.17) is 20.0 Å². The second kappa shape index (κ2) is 13.9. The van der Waals surface area contributed by atoms with Gasteiger partial charge < -0.3 is 20.5 Å². The molecule has 0 bridgehead atoms. The van der Waals surface area contributed by atoms with Gasteiger partial charge in [0.25, 0.3) is 0 Å². The molecule has 0 atom stereocenters. The molecule has 2 rings (SSSR count). The third-order valence-corrected chi connectivity index (χ3v) is 5.59. The fraction of sp³-hybridized carbons (Fsp3) is 0.875. The number of nitrogens with one attached hydrogen (secondary N) is 1. The van der Waals surface area contributed by atoms with Gasteiger partial charge in [-0.3, -0.25) is 9.74 Å². The summed E-state index contributed by atoms with van der Waals surface area (Å²) >= 11 is 0. The number of hydrogen-bond donors (Lipinski definition) is 2. The molecule has 1 saturated carbocycles. The van der Waals surface area contributed by atoms with Crippen LogP contribution in [0.3, 0.4) is 0 Å². The molecule has 190 valence electrons. The largest absolute Gasteiger partial charge is 0.399 e. The summed E-state index contributed by atoms with van der Waals surface area (Å²) in [5.74, 6) is 0.473. The lowest BCUT2D eigenvalue weighted by molar-refractivity contribution is -0.309. The molecule has 0 radical (unpaired) electrons. The highest BCUT2D eigenvalue weighted by Gasteiger charge is 2.41. The summed E-state index contributed by atoms with van der Waals surface area (Å²) in [5.41, 5.74) is 6.68. The summed E-state index contributed by atoms with van der Waals surface area (Å²) in [6.45, 7) is 15.7. The highest BCUT2D eigenvalue weighted by Crippen LogP contribution is 2.38. The topological polar surface area (TPSA) is 89.3 Å². The molecule has 1 heterocycles. The third kappa shape index (κ3) is 8.79. The van der Waals surface area contributed by atoms with Crippen molar-refractivity contribution in [1.29, 1.82) is 0 Å². The first-order valence-corrected chi connectivity index (χ1v) is 12.3. The Balaban J connectivity index is 0.000000635. The molecule has 8 nitrogen and oxygen atoms in total. The van der Waals surface area contributed by atoms with Crippen LogP contribution in [-0.2, 0) is 14.3 Å². The van der Waals surface area contributed by atoms with Crippen LogP contribution >= 0.6 is 0 Å². The number of allylic oxidation sites excluding steroid dienone is 1. The van der Waals surface area contributed by atoms with Gasteiger partial charge in [-0.1, -0.05) is 34.1 Å². The van der Waals surface area contributed by atoms with Crippen LogP contribution in [0.15, 0.2) is 11.5 Å². The summed E-state index contributed by atoms with van der Waals surface area (Å²) < 4.78 is 11.8. The Labute approximate surface area is 197 Å². The molecular formula is C24H50N4O4. The van der Waals surface area contributed by atoms with Crippen molar-refractivity contribution in [1.82, 2.24) is 15.3 Å². The number of nitrogens with two attached hydrogens (primary N) is 1. The van der Waals surface area contributed by atoms with Crippen LogP contribution in [0, 0.1) is 5.41 Å². The van der Waals surface area contributed by atoms with E-state index in [-0.39, 0.29) is 18.7 Å². The zero-order valence-corrected chi connectivity index (χ0v) is 21.6. The highest BCUT2D eigenvalue weighted by molar-refractivity contribution is 5.75. The van der Waals surface area contributed by atoms with Crippen molar-refractivity contribution in [2.45, 2.75) is 92.3 Å². The van der Waals surface area contributed by atoms with E-state index in [9.17, 15) is 4.79 Å². The molecule has 3 N–H and O–H groups in total. The number of carbonyl (C=O) groups excluding carboxylic acids is 1. The zero-order valence-electron chi connectivity index (χ0n) is 21.6. The molecule has 0 unspecified atom stereocenters. The summed E-state index contributed by atoms with van der Waals surface area (Å²) in [6.07, 6.45) is 7.75. The van der Waals surface area contributed by atoms with Crippen molar-refractivity contribution in [2.75, 3.05) is 40.0 Å². The average Bonchev–Trinajstić information content (AvgIpc) is 2.77. The van der Waals surface area contributed by atoms with E-state index in [1.807, 2.05) is 20.8 Å². The number of nitrogens with zero attached hydrogens (tertiary/aromatic N) is 2. The molecule has 1 aliphatic heterocycles. The fourth-order valence-corrected chi connectivity index (χ4v) is 3.86. The molecule has 8 heteroatoms. The number of ether oxygens (including phenoxy) is 2. The first kappa shape index (κ1) is 28.5. The minimum Gasteiger partial charge on any atom is -0.399 e. The highest BCUT2D eigenvalue weighted by atomic mass is 16.7. The molecule has 1 aliphatic carbocycles. The molecule has 2 amide bonds. The lowest BCUT2D eigenvalue weighted by Crippen LogP contribution is -2.48. The number of amides is 2. The van der Waals surface area contributed by atoms with Gasteiger partial charge in [0.05, 0.1) is 26.9 Å². The molecule has 0 aromatic carbocycles. The Kier molecular flexibility index (Phi) is 12.4. The number of carbonyl (C=O) groups is 1. The lowest BCUT2D eigenvalue weighted by Gasteiger charge is -2.45. The van der Waals surface area contributed by atoms with Crippen LogP contribution in [-0.4, -0.2) is 61.7 Å². The van der Waals surface area contributed by atoms with Crippen molar-refractivity contribution >= 4 is 6.03 Å². The maximum atomic E-state index is 12.5. The van der Waals surface area contributed by atoms with Gasteiger partial charge in [-0.15, -0.1) is 0 Å². The molecule has 0 aromatic rings. The van der Waals surface area contributed by atoms with Crippen LogP contribution in [0.25, 0.3) is 0 Å². The Morgan fingerprint density at radius 3 is 2.06 bits per heavy atom. The van der Waals surface area contributed by atoms with Crippen LogP contribution < -0.4 is 11.1 Å². The van der Waals surface area contributed by atoms with Crippen molar-refractivity contribution in [2.24, 2.45) is 11.1 Å². The van der Waals surface area contributed by atoms with Gasteiger partial charge in [0, 0.05) is 38.5 Å². The monoisotopic (exact) mass is 458 g/mol. The van der Waals surface area contributed by atoms with Gasteiger partial charge in [-0.2, -0.15) is 0 Å². The number of urea groups is 1. The number of hydrogen-bond acceptors (Lipinski definition) is 6. The minimum atomic E-state index is -0.188. The van der Waals surface area contributed by atoms with E-state index >= 15 is 0 Å². The van der Waals surface area contributed by atoms with E-state index in [1.54, 1.807) is 11.8 Å². The molecule has 2 aliphatic rings. The van der Waals surface area contributed by atoms with Crippen LogP contribution in [0.2, 0.25) is 0 Å². The molecule has 1 saturated heterocycles. The molecule has 32 heavy (non-hydrogen) atoms. The van der Waals surface area contributed by atoms with Gasteiger partial charge in [-0.05, 0) is 39.5 Å². The lowest BCUT2D eigenvalue weighted by atomic mass is 9.89. The van der Waals surface area contributed by atoms with E-state index in [0.29, 0.717) is 31.2 Å². The molecule has 2 fully saturated rings. The predicted octanol–water partition coefficient (Wildman–Crippen LogP) is 4.81. The molecule has 0 aromatic heterocycles. The molecular weight excluding hydrogens is 408 g/mol. The summed E-state index contributed by atoms with van der Waals surface area (Å²) in [4.78, 5) is 19.2. The minimum absolute atomic E-state index is 0. The number of hydroxylamine groups is 2. The Morgan fingerprint density at radius 1 is 1.06 bits per heavy atom. The van der Waals surface area contributed by atoms with E-state index in [0.717, 1.165) is 38.9 Å². The first-order valence-electron chi connectivity index (χ1n) is 12.3. The van der Waals surface area contributed by atoms with E-state index < -0.39 is 0 Å². The second-order valence-corrected chi connectivity index (χ2v) is 9.49. The van der Waals surface area contributed by atoms with Crippen molar-refractivity contribution in [3.63, 3.8) is 0 Å². The summed E-state index contributed by atoms with van der Waals surface area (Å²) in [6, 6.07) is -0.188. The van der Waals surface area contributed by atoms with Crippen molar-refractivity contribution in [3.8, 4) is 0 Å². The SMILES string of the molecule is CC1(C)COC2(CCCCC2)OC1.CCCN(OC)C(=O)N(CCC)/C(NCC)=C(\C)N.[HH]. The Bertz CT molecular complexity index is 579. The van der Waals surface area contributed by atoms with Crippen LogP contribution in [0.5, 0.6) is 0 Å². The average molecular weight is 459 g/mol. The van der Waals surface area contributed by atoms with Gasteiger partial charge >= 0.3 is 6.03 Å². The predicted molar refractivity (Wildman–Crippen MR) is 131 cm³/mol. The van der Waals surface area contributed by atoms with Crippen molar-refractivity contribution in [3.05, 3.63) is 11.5 Å². The maximum absolute atomic E-state index is 12.5. The quantitative estimate of drug-likeness (QED) is 0.507. The Hall–Kier alpha value is -1.51. The second-order valence-electron chi connectivity index (χ2n) is 9.49.